The number of hydrogen-bond acceptors (Lipinski definition) is 2. The van der Waals surface area contributed by atoms with Crippen LogP contribution in [-0.2, 0) is 0 Å². The Balaban J connectivity index is 2.64. The van der Waals surface area contributed by atoms with E-state index in [1.54, 1.807) is 14.0 Å². The largest absolute Gasteiger partial charge is 0.394 e. The van der Waals surface area contributed by atoms with E-state index in [4.69, 9.17) is 5.11 Å². The van der Waals surface area contributed by atoms with Gasteiger partial charge in [0.25, 0.3) is 0 Å². The number of carbonyl (C=O) groups is 1. The highest BCUT2D eigenvalue weighted by molar-refractivity contribution is 5.89. The Labute approximate surface area is 95.9 Å². The number of aryl methyl sites for hydroxylation is 1. The summed E-state index contributed by atoms with van der Waals surface area (Å²) in [6.07, 6.45) is 0. The van der Waals surface area contributed by atoms with Crippen molar-refractivity contribution in [2.75, 3.05) is 19.0 Å². The Morgan fingerprint density at radius 2 is 2.25 bits per heavy atom. The van der Waals surface area contributed by atoms with E-state index in [0.717, 1.165) is 11.3 Å². The lowest BCUT2D eigenvalue weighted by molar-refractivity contribution is 0.166. The van der Waals surface area contributed by atoms with Gasteiger partial charge in [-0.25, -0.2) is 4.79 Å². The molecule has 2 amide bonds. The molecule has 0 saturated carbocycles. The van der Waals surface area contributed by atoms with Crippen LogP contribution in [0.25, 0.3) is 0 Å². The van der Waals surface area contributed by atoms with Gasteiger partial charge in [0.1, 0.15) is 0 Å². The quantitative estimate of drug-likeness (QED) is 0.820. The van der Waals surface area contributed by atoms with Crippen LogP contribution in [0.4, 0.5) is 10.5 Å². The Morgan fingerprint density at radius 3 is 2.81 bits per heavy atom. The molecule has 0 spiro atoms. The number of anilines is 1. The summed E-state index contributed by atoms with van der Waals surface area (Å²) >= 11 is 0. The molecule has 0 saturated heterocycles. The number of hydrogen-bond donors (Lipinski definition) is 2. The Kier molecular flexibility index (Phi) is 4.31. The first-order chi connectivity index (χ1) is 7.54. The zero-order chi connectivity index (χ0) is 12.1. The fraction of sp³-hybridized carbons (Fsp3) is 0.417. The summed E-state index contributed by atoms with van der Waals surface area (Å²) in [5, 5.41) is 11.7. The lowest BCUT2D eigenvalue weighted by Gasteiger charge is -2.23. The standard InChI is InChI=1S/C12H18N2O2/c1-9-5-4-6-11(7-9)13-12(16)14(3)10(2)8-15/h4-7,10,15H,8H2,1-3H3,(H,13,16). The molecule has 16 heavy (non-hydrogen) atoms. The van der Waals surface area contributed by atoms with Crippen molar-refractivity contribution in [1.29, 1.82) is 0 Å². The second kappa shape index (κ2) is 5.51. The van der Waals surface area contributed by atoms with E-state index in [-0.39, 0.29) is 18.7 Å². The molecular weight excluding hydrogens is 204 g/mol. The minimum absolute atomic E-state index is 0.0439. The number of nitrogens with zero attached hydrogens (tertiary/aromatic N) is 1. The zero-order valence-electron chi connectivity index (χ0n) is 9.90. The van der Waals surface area contributed by atoms with Crippen LogP contribution < -0.4 is 5.32 Å². The molecule has 0 aliphatic carbocycles. The highest BCUT2D eigenvalue weighted by atomic mass is 16.3. The van der Waals surface area contributed by atoms with Crippen LogP contribution in [0.1, 0.15) is 12.5 Å². The molecule has 0 heterocycles. The lowest BCUT2D eigenvalue weighted by atomic mass is 10.2. The fourth-order valence-electron chi connectivity index (χ4n) is 1.26. The summed E-state index contributed by atoms with van der Waals surface area (Å²) in [5.41, 5.74) is 1.86. The van der Waals surface area contributed by atoms with Gasteiger partial charge in [-0.1, -0.05) is 12.1 Å². The first-order valence-electron chi connectivity index (χ1n) is 5.26. The molecule has 88 valence electrons. The maximum Gasteiger partial charge on any atom is 0.321 e. The smallest absolute Gasteiger partial charge is 0.321 e. The van der Waals surface area contributed by atoms with Gasteiger partial charge in [0.2, 0.25) is 0 Å². The third-order valence-electron chi connectivity index (χ3n) is 2.52. The van der Waals surface area contributed by atoms with Gasteiger partial charge < -0.3 is 15.3 Å². The topological polar surface area (TPSA) is 52.6 Å². The molecule has 4 nitrogen and oxygen atoms in total. The molecule has 4 heteroatoms. The van der Waals surface area contributed by atoms with E-state index in [1.807, 2.05) is 31.2 Å². The molecule has 0 aliphatic heterocycles. The normalized spacial score (nSPS) is 12.0. The van der Waals surface area contributed by atoms with Crippen LogP contribution in [0, 0.1) is 6.92 Å². The SMILES string of the molecule is Cc1cccc(NC(=O)N(C)C(C)CO)c1. The Bertz CT molecular complexity index is 366. The molecule has 1 unspecified atom stereocenters. The van der Waals surface area contributed by atoms with Gasteiger partial charge in [-0.15, -0.1) is 0 Å². The van der Waals surface area contributed by atoms with Gasteiger partial charge in [0.05, 0.1) is 12.6 Å². The predicted octanol–water partition coefficient (Wildman–Crippen LogP) is 1.84. The third-order valence-corrected chi connectivity index (χ3v) is 2.52. The number of nitrogens with one attached hydrogen (secondary N) is 1. The molecule has 0 aromatic heterocycles. The van der Waals surface area contributed by atoms with Gasteiger partial charge in [-0.3, -0.25) is 0 Å². The number of rotatable bonds is 3. The van der Waals surface area contributed by atoms with Crippen LogP contribution in [-0.4, -0.2) is 35.7 Å². The summed E-state index contributed by atoms with van der Waals surface area (Å²) < 4.78 is 0. The lowest BCUT2D eigenvalue weighted by Crippen LogP contribution is -2.40. The van der Waals surface area contributed by atoms with Gasteiger partial charge in [0, 0.05) is 12.7 Å². The Morgan fingerprint density at radius 1 is 1.56 bits per heavy atom. The van der Waals surface area contributed by atoms with Crippen molar-refractivity contribution in [3.05, 3.63) is 29.8 Å². The first-order valence-corrected chi connectivity index (χ1v) is 5.26. The third kappa shape index (κ3) is 3.24. The van der Waals surface area contributed by atoms with Crippen LogP contribution in [0.15, 0.2) is 24.3 Å². The zero-order valence-corrected chi connectivity index (χ0v) is 9.90. The van der Waals surface area contributed by atoms with E-state index in [2.05, 4.69) is 5.32 Å². The van der Waals surface area contributed by atoms with Crippen LogP contribution in [0.2, 0.25) is 0 Å². The van der Waals surface area contributed by atoms with E-state index >= 15 is 0 Å². The second-order valence-electron chi connectivity index (χ2n) is 3.94. The summed E-state index contributed by atoms with van der Waals surface area (Å²) in [5.74, 6) is 0. The number of carbonyl (C=O) groups excluding carboxylic acids is 1. The molecule has 1 aromatic carbocycles. The molecule has 0 radical (unpaired) electrons. The molecule has 0 fully saturated rings. The van der Waals surface area contributed by atoms with Gasteiger partial charge in [-0.05, 0) is 31.5 Å². The Hall–Kier alpha value is -1.55. The first kappa shape index (κ1) is 12.5. The number of urea groups is 1. The molecule has 1 aromatic rings. The van der Waals surface area contributed by atoms with Gasteiger partial charge in [0.15, 0.2) is 0 Å². The molecule has 0 aliphatic rings. The maximum absolute atomic E-state index is 11.7. The summed E-state index contributed by atoms with van der Waals surface area (Å²) in [7, 11) is 1.66. The van der Waals surface area contributed by atoms with Crippen LogP contribution in [0.3, 0.4) is 0 Å². The van der Waals surface area contributed by atoms with Crippen molar-refractivity contribution in [2.45, 2.75) is 19.9 Å². The fourth-order valence-corrected chi connectivity index (χ4v) is 1.26. The number of benzene rings is 1. The van der Waals surface area contributed by atoms with Gasteiger partial charge >= 0.3 is 6.03 Å². The summed E-state index contributed by atoms with van der Waals surface area (Å²) in [4.78, 5) is 13.2. The van der Waals surface area contributed by atoms with Gasteiger partial charge in [-0.2, -0.15) is 0 Å². The monoisotopic (exact) mass is 222 g/mol. The number of aliphatic hydroxyl groups excluding tert-OH is 1. The average molecular weight is 222 g/mol. The highest BCUT2D eigenvalue weighted by Crippen LogP contribution is 2.10. The highest BCUT2D eigenvalue weighted by Gasteiger charge is 2.14. The molecular formula is C12H18N2O2. The van der Waals surface area contributed by atoms with Crippen LogP contribution in [0.5, 0.6) is 0 Å². The number of amides is 2. The summed E-state index contributed by atoms with van der Waals surface area (Å²) in [6, 6.07) is 7.19. The van der Waals surface area contributed by atoms with Crippen molar-refractivity contribution >= 4 is 11.7 Å². The van der Waals surface area contributed by atoms with Crippen molar-refractivity contribution in [1.82, 2.24) is 4.90 Å². The number of likely N-dealkylation sites (N-methyl/N-ethyl adjacent to an activating group) is 1. The van der Waals surface area contributed by atoms with Crippen molar-refractivity contribution in [2.24, 2.45) is 0 Å². The van der Waals surface area contributed by atoms with Crippen molar-refractivity contribution < 1.29 is 9.90 Å². The van der Waals surface area contributed by atoms with E-state index in [1.165, 1.54) is 4.90 Å². The number of aliphatic hydroxyl groups is 1. The predicted molar refractivity (Wildman–Crippen MR) is 64.5 cm³/mol. The van der Waals surface area contributed by atoms with Crippen LogP contribution >= 0.6 is 0 Å². The minimum atomic E-state index is -0.216. The molecule has 1 atom stereocenters. The van der Waals surface area contributed by atoms with E-state index in [0.29, 0.717) is 0 Å². The van der Waals surface area contributed by atoms with Crippen molar-refractivity contribution in [3.8, 4) is 0 Å². The molecule has 1 rings (SSSR count). The van der Waals surface area contributed by atoms with E-state index in [9.17, 15) is 4.79 Å². The molecule has 0 bridgehead atoms. The average Bonchev–Trinajstić information content (AvgIpc) is 2.27. The minimum Gasteiger partial charge on any atom is -0.394 e. The van der Waals surface area contributed by atoms with Crippen molar-refractivity contribution in [3.63, 3.8) is 0 Å². The van der Waals surface area contributed by atoms with E-state index < -0.39 is 0 Å². The summed E-state index contributed by atoms with van der Waals surface area (Å²) in [6.45, 7) is 3.71. The maximum atomic E-state index is 11.7. The second-order valence-corrected chi connectivity index (χ2v) is 3.94. The molecule has 2 N–H and O–H groups in total.